The second-order valence-corrected chi connectivity index (χ2v) is 9.14. The smallest absolute Gasteiger partial charge is 0.193 e. The highest BCUT2D eigenvalue weighted by Crippen LogP contribution is 2.17. The Morgan fingerprint density at radius 1 is 0.714 bits per heavy atom. The first-order valence-electron chi connectivity index (χ1n) is 12.9. The lowest BCUT2D eigenvalue weighted by molar-refractivity contribution is 0.103. The van der Waals surface area contributed by atoms with Gasteiger partial charge >= 0.3 is 0 Å². The SMILES string of the molecule is CCN(CC)CCCCCOc1ccc(C(=O)c2ccc(CN(C)Cc3ccccc3)cc2)cc1. The molecule has 3 aromatic carbocycles. The predicted octanol–water partition coefficient (Wildman–Crippen LogP) is 6.44. The van der Waals surface area contributed by atoms with Crippen molar-refractivity contribution in [2.24, 2.45) is 0 Å². The first-order chi connectivity index (χ1) is 17.1. The van der Waals surface area contributed by atoms with Gasteiger partial charge in [-0.05, 0) is 81.3 Å². The van der Waals surface area contributed by atoms with Gasteiger partial charge in [0.1, 0.15) is 5.75 Å². The predicted molar refractivity (Wildman–Crippen MR) is 145 cm³/mol. The highest BCUT2D eigenvalue weighted by atomic mass is 16.5. The number of carbonyl (C=O) groups is 1. The van der Waals surface area contributed by atoms with Crippen LogP contribution in [-0.2, 0) is 13.1 Å². The Labute approximate surface area is 211 Å². The summed E-state index contributed by atoms with van der Waals surface area (Å²) in [5.74, 6) is 0.860. The van der Waals surface area contributed by atoms with Crippen LogP contribution in [0.25, 0.3) is 0 Å². The molecule has 0 atom stereocenters. The van der Waals surface area contributed by atoms with Crippen molar-refractivity contribution in [3.63, 3.8) is 0 Å². The second kappa shape index (κ2) is 14.4. The lowest BCUT2D eigenvalue weighted by Crippen LogP contribution is -2.23. The Morgan fingerprint density at radius 2 is 1.29 bits per heavy atom. The number of unbranched alkanes of at least 4 members (excludes halogenated alkanes) is 2. The minimum atomic E-state index is 0.0390. The molecule has 3 rings (SSSR count). The van der Waals surface area contributed by atoms with Crippen LogP contribution in [0.2, 0.25) is 0 Å². The maximum Gasteiger partial charge on any atom is 0.193 e. The van der Waals surface area contributed by atoms with Crippen LogP contribution in [0, 0.1) is 0 Å². The Morgan fingerprint density at radius 3 is 1.89 bits per heavy atom. The third kappa shape index (κ3) is 8.97. The molecular formula is C31H40N2O2. The number of carbonyl (C=O) groups excluding carboxylic acids is 1. The van der Waals surface area contributed by atoms with E-state index in [1.165, 1.54) is 24.0 Å². The van der Waals surface area contributed by atoms with Crippen molar-refractivity contribution in [3.8, 4) is 5.75 Å². The molecule has 4 nitrogen and oxygen atoms in total. The molecule has 3 aromatic rings. The zero-order valence-corrected chi connectivity index (χ0v) is 21.6. The maximum absolute atomic E-state index is 12.9. The van der Waals surface area contributed by atoms with Gasteiger partial charge in [-0.3, -0.25) is 9.69 Å². The summed E-state index contributed by atoms with van der Waals surface area (Å²) >= 11 is 0. The van der Waals surface area contributed by atoms with Crippen molar-refractivity contribution in [3.05, 3.63) is 101 Å². The van der Waals surface area contributed by atoms with E-state index in [9.17, 15) is 4.79 Å². The molecule has 0 aliphatic carbocycles. The summed E-state index contributed by atoms with van der Waals surface area (Å²) in [6.45, 7) is 10.3. The van der Waals surface area contributed by atoms with Crippen molar-refractivity contribution in [1.82, 2.24) is 9.80 Å². The van der Waals surface area contributed by atoms with Gasteiger partial charge in [-0.15, -0.1) is 0 Å². The standard InChI is InChI=1S/C31H40N2O2/c1-4-33(5-2)22-10-7-11-23-35-30-20-18-29(19-21-30)31(34)28-16-14-27(15-17-28)25-32(3)24-26-12-8-6-9-13-26/h6,8-9,12-21H,4-5,7,10-11,22-25H2,1-3H3. The Balaban J connectivity index is 1.42. The molecule has 0 radical (unpaired) electrons. The van der Waals surface area contributed by atoms with Crippen LogP contribution in [0.1, 0.15) is 60.2 Å². The number of rotatable bonds is 15. The number of hydrogen-bond donors (Lipinski definition) is 0. The number of benzene rings is 3. The molecule has 0 amide bonds. The summed E-state index contributed by atoms with van der Waals surface area (Å²) in [4.78, 5) is 17.6. The van der Waals surface area contributed by atoms with E-state index >= 15 is 0 Å². The summed E-state index contributed by atoms with van der Waals surface area (Å²) in [6, 6.07) is 25.9. The van der Waals surface area contributed by atoms with Gasteiger partial charge in [0.05, 0.1) is 6.61 Å². The molecule has 0 heterocycles. The number of nitrogens with zero attached hydrogens (tertiary/aromatic N) is 2. The minimum absolute atomic E-state index is 0.0390. The van der Waals surface area contributed by atoms with Gasteiger partial charge in [0.25, 0.3) is 0 Å². The van der Waals surface area contributed by atoms with Crippen LogP contribution in [0.3, 0.4) is 0 Å². The second-order valence-electron chi connectivity index (χ2n) is 9.14. The zero-order valence-electron chi connectivity index (χ0n) is 21.6. The molecule has 0 bridgehead atoms. The van der Waals surface area contributed by atoms with Crippen LogP contribution < -0.4 is 4.74 Å². The monoisotopic (exact) mass is 472 g/mol. The van der Waals surface area contributed by atoms with Crippen LogP contribution in [0.4, 0.5) is 0 Å². The lowest BCUT2D eigenvalue weighted by Gasteiger charge is -2.17. The van der Waals surface area contributed by atoms with Gasteiger partial charge < -0.3 is 9.64 Å². The summed E-state index contributed by atoms with van der Waals surface area (Å²) in [5, 5.41) is 0. The van der Waals surface area contributed by atoms with Crippen LogP contribution in [-0.4, -0.2) is 48.9 Å². The molecule has 0 N–H and O–H groups in total. The maximum atomic E-state index is 12.9. The summed E-state index contributed by atoms with van der Waals surface area (Å²) in [5.41, 5.74) is 3.89. The minimum Gasteiger partial charge on any atom is -0.494 e. The fourth-order valence-electron chi connectivity index (χ4n) is 4.24. The molecule has 4 heteroatoms. The Bertz CT molecular complexity index is 996. The van der Waals surface area contributed by atoms with Crippen molar-refractivity contribution in [2.75, 3.05) is 33.3 Å². The summed E-state index contributed by atoms with van der Waals surface area (Å²) in [6.07, 6.45) is 3.43. The molecule has 35 heavy (non-hydrogen) atoms. The zero-order chi connectivity index (χ0) is 24.9. The quantitative estimate of drug-likeness (QED) is 0.188. The largest absolute Gasteiger partial charge is 0.494 e. The molecule has 0 unspecified atom stereocenters. The summed E-state index contributed by atoms with van der Waals surface area (Å²) < 4.78 is 5.87. The van der Waals surface area contributed by atoms with Crippen molar-refractivity contribution < 1.29 is 9.53 Å². The molecule has 0 saturated heterocycles. The average molecular weight is 473 g/mol. The van der Waals surface area contributed by atoms with Crippen molar-refractivity contribution in [2.45, 2.75) is 46.2 Å². The van der Waals surface area contributed by atoms with E-state index in [2.05, 4.69) is 55.0 Å². The Hall–Kier alpha value is -2.95. The van der Waals surface area contributed by atoms with Gasteiger partial charge in [-0.2, -0.15) is 0 Å². The van der Waals surface area contributed by atoms with E-state index in [0.29, 0.717) is 17.7 Å². The fraction of sp³-hybridized carbons (Fsp3) is 0.387. The van der Waals surface area contributed by atoms with Gasteiger partial charge in [0, 0.05) is 24.2 Å². The molecule has 0 aliphatic heterocycles. The van der Waals surface area contributed by atoms with Crippen LogP contribution in [0.15, 0.2) is 78.9 Å². The van der Waals surface area contributed by atoms with E-state index < -0.39 is 0 Å². The van der Waals surface area contributed by atoms with E-state index in [1.807, 2.05) is 54.6 Å². The number of hydrogen-bond acceptors (Lipinski definition) is 4. The van der Waals surface area contributed by atoms with E-state index in [-0.39, 0.29) is 5.78 Å². The van der Waals surface area contributed by atoms with Gasteiger partial charge in [-0.1, -0.05) is 68.4 Å². The first kappa shape index (κ1) is 26.7. The summed E-state index contributed by atoms with van der Waals surface area (Å²) in [7, 11) is 2.11. The van der Waals surface area contributed by atoms with E-state index in [4.69, 9.17) is 4.74 Å². The molecule has 0 saturated carbocycles. The number of ketones is 1. The van der Waals surface area contributed by atoms with Crippen LogP contribution >= 0.6 is 0 Å². The molecule has 0 aromatic heterocycles. The highest BCUT2D eigenvalue weighted by Gasteiger charge is 2.10. The number of ether oxygens (including phenoxy) is 1. The topological polar surface area (TPSA) is 32.8 Å². The van der Waals surface area contributed by atoms with E-state index in [1.54, 1.807) is 0 Å². The van der Waals surface area contributed by atoms with E-state index in [0.717, 1.165) is 44.9 Å². The molecule has 0 aliphatic rings. The first-order valence-corrected chi connectivity index (χ1v) is 12.9. The fourth-order valence-corrected chi connectivity index (χ4v) is 4.24. The molecular weight excluding hydrogens is 432 g/mol. The third-order valence-corrected chi connectivity index (χ3v) is 6.36. The highest BCUT2D eigenvalue weighted by molar-refractivity contribution is 6.09. The normalized spacial score (nSPS) is 11.2. The average Bonchev–Trinajstić information content (AvgIpc) is 2.89. The van der Waals surface area contributed by atoms with Crippen molar-refractivity contribution >= 4 is 5.78 Å². The third-order valence-electron chi connectivity index (χ3n) is 6.36. The van der Waals surface area contributed by atoms with Gasteiger partial charge in [-0.25, -0.2) is 0 Å². The molecule has 0 spiro atoms. The lowest BCUT2D eigenvalue weighted by atomic mass is 10.0. The van der Waals surface area contributed by atoms with Crippen molar-refractivity contribution in [1.29, 1.82) is 0 Å². The van der Waals surface area contributed by atoms with Gasteiger partial charge in [0.2, 0.25) is 0 Å². The van der Waals surface area contributed by atoms with Crippen LogP contribution in [0.5, 0.6) is 5.75 Å². The Kier molecular flexibility index (Phi) is 11.0. The molecule has 186 valence electrons. The van der Waals surface area contributed by atoms with Gasteiger partial charge in [0.15, 0.2) is 5.78 Å². The molecule has 0 fully saturated rings.